The molecule has 0 atom stereocenters. The molecule has 0 amide bonds. The first kappa shape index (κ1) is 13.5. The van der Waals surface area contributed by atoms with Crippen LogP contribution in [0.4, 0.5) is 0 Å². The molecule has 1 saturated heterocycles. The number of hydrogen-bond donors (Lipinski definition) is 1. The van der Waals surface area contributed by atoms with Gasteiger partial charge in [0.05, 0.1) is 18.9 Å². The van der Waals surface area contributed by atoms with Gasteiger partial charge < -0.3 is 14.8 Å². The molecule has 1 aliphatic rings. The fraction of sp³-hybridized carbons (Fsp3) is 0.643. The summed E-state index contributed by atoms with van der Waals surface area (Å²) in [6.07, 6.45) is 4.15. The number of nitrogens with one attached hydrogen (secondary N) is 1. The van der Waals surface area contributed by atoms with Gasteiger partial charge in [0.25, 0.3) is 0 Å². The highest BCUT2D eigenvalue weighted by Crippen LogP contribution is 2.15. The van der Waals surface area contributed by atoms with Crippen molar-refractivity contribution >= 4 is 0 Å². The van der Waals surface area contributed by atoms with Crippen molar-refractivity contribution in [3.63, 3.8) is 0 Å². The number of ether oxygens (including phenoxy) is 2. The number of nitrogens with zero attached hydrogens (tertiary/aromatic N) is 1. The lowest BCUT2D eigenvalue weighted by Gasteiger charge is -2.21. The molecule has 1 aliphatic heterocycles. The highest BCUT2D eigenvalue weighted by atomic mass is 16.5. The van der Waals surface area contributed by atoms with Crippen molar-refractivity contribution in [3.05, 3.63) is 29.6 Å². The monoisotopic (exact) mass is 250 g/mol. The maximum atomic E-state index is 5.73. The third-order valence-electron chi connectivity index (χ3n) is 3.21. The van der Waals surface area contributed by atoms with Gasteiger partial charge >= 0.3 is 0 Å². The lowest BCUT2D eigenvalue weighted by Crippen LogP contribution is -2.20. The molecular weight excluding hydrogens is 228 g/mol. The largest absolute Gasteiger partial charge is 0.381 e. The highest BCUT2D eigenvalue weighted by molar-refractivity contribution is 5.13. The third-order valence-corrected chi connectivity index (χ3v) is 3.21. The third kappa shape index (κ3) is 4.37. The second kappa shape index (κ2) is 7.46. The summed E-state index contributed by atoms with van der Waals surface area (Å²) in [5.41, 5.74) is 2.20. The van der Waals surface area contributed by atoms with Crippen molar-refractivity contribution in [2.45, 2.75) is 26.0 Å². The topological polar surface area (TPSA) is 43.4 Å². The standard InChI is InChI=1S/C14H22N2O2/c1-15-8-13-2-3-14(16-9-13)11-18-10-12-4-6-17-7-5-12/h2-3,9,12,15H,4-8,10-11H2,1H3. The van der Waals surface area contributed by atoms with Gasteiger partial charge in [-0.1, -0.05) is 6.07 Å². The molecule has 0 unspecified atom stereocenters. The summed E-state index contributed by atoms with van der Waals surface area (Å²) < 4.78 is 11.1. The van der Waals surface area contributed by atoms with Crippen LogP contribution < -0.4 is 5.32 Å². The summed E-state index contributed by atoms with van der Waals surface area (Å²) in [7, 11) is 1.94. The van der Waals surface area contributed by atoms with Crippen molar-refractivity contribution in [1.82, 2.24) is 10.3 Å². The van der Waals surface area contributed by atoms with E-state index in [0.29, 0.717) is 12.5 Å². The minimum absolute atomic E-state index is 0.608. The average Bonchev–Trinajstić information content (AvgIpc) is 2.42. The van der Waals surface area contributed by atoms with Crippen LogP contribution in [0, 0.1) is 5.92 Å². The predicted molar refractivity (Wildman–Crippen MR) is 70.2 cm³/mol. The lowest BCUT2D eigenvalue weighted by atomic mass is 10.0. The number of pyridine rings is 1. The second-order valence-electron chi connectivity index (χ2n) is 4.76. The van der Waals surface area contributed by atoms with Gasteiger partial charge in [-0.15, -0.1) is 0 Å². The summed E-state index contributed by atoms with van der Waals surface area (Å²) >= 11 is 0. The Morgan fingerprint density at radius 1 is 1.39 bits per heavy atom. The van der Waals surface area contributed by atoms with Crippen LogP contribution in [0.3, 0.4) is 0 Å². The molecule has 0 bridgehead atoms. The van der Waals surface area contributed by atoms with Crippen molar-refractivity contribution in [1.29, 1.82) is 0 Å². The first-order valence-corrected chi connectivity index (χ1v) is 6.62. The summed E-state index contributed by atoms with van der Waals surface area (Å²) in [6.45, 7) is 4.05. The molecule has 100 valence electrons. The number of aromatic nitrogens is 1. The van der Waals surface area contributed by atoms with Crippen molar-refractivity contribution in [2.75, 3.05) is 26.9 Å². The zero-order chi connectivity index (χ0) is 12.6. The van der Waals surface area contributed by atoms with E-state index >= 15 is 0 Å². The van der Waals surface area contributed by atoms with E-state index in [1.54, 1.807) is 0 Å². The first-order chi connectivity index (χ1) is 8.88. The Kier molecular flexibility index (Phi) is 5.58. The Bertz CT molecular complexity index is 334. The molecule has 0 aromatic carbocycles. The van der Waals surface area contributed by atoms with E-state index in [1.165, 1.54) is 5.56 Å². The minimum Gasteiger partial charge on any atom is -0.381 e. The maximum Gasteiger partial charge on any atom is 0.0887 e. The Labute approximate surface area is 109 Å². The smallest absolute Gasteiger partial charge is 0.0887 e. The van der Waals surface area contributed by atoms with Crippen LogP contribution in [-0.4, -0.2) is 31.9 Å². The number of rotatable bonds is 6. The molecule has 4 nitrogen and oxygen atoms in total. The van der Waals surface area contributed by atoms with E-state index in [4.69, 9.17) is 9.47 Å². The van der Waals surface area contributed by atoms with E-state index in [1.807, 2.05) is 19.3 Å². The highest BCUT2D eigenvalue weighted by Gasteiger charge is 2.13. The van der Waals surface area contributed by atoms with E-state index in [0.717, 1.165) is 44.9 Å². The first-order valence-electron chi connectivity index (χ1n) is 6.62. The fourth-order valence-corrected chi connectivity index (χ4v) is 2.09. The molecule has 1 aromatic rings. The van der Waals surface area contributed by atoms with Crippen LogP contribution in [0.2, 0.25) is 0 Å². The Morgan fingerprint density at radius 2 is 2.22 bits per heavy atom. The Morgan fingerprint density at radius 3 is 2.89 bits per heavy atom. The minimum atomic E-state index is 0.608. The molecule has 2 rings (SSSR count). The molecule has 4 heteroatoms. The molecule has 0 aliphatic carbocycles. The van der Waals surface area contributed by atoms with Crippen LogP contribution >= 0.6 is 0 Å². The molecule has 2 heterocycles. The summed E-state index contributed by atoms with van der Waals surface area (Å²) in [6, 6.07) is 4.13. The van der Waals surface area contributed by atoms with Gasteiger partial charge in [-0.2, -0.15) is 0 Å². The second-order valence-corrected chi connectivity index (χ2v) is 4.76. The van der Waals surface area contributed by atoms with Crippen LogP contribution in [0.1, 0.15) is 24.1 Å². The van der Waals surface area contributed by atoms with Crippen LogP contribution in [0.15, 0.2) is 18.3 Å². The van der Waals surface area contributed by atoms with E-state index in [-0.39, 0.29) is 0 Å². The van der Waals surface area contributed by atoms with E-state index < -0.39 is 0 Å². The lowest BCUT2D eigenvalue weighted by molar-refractivity contribution is 0.0150. The fourth-order valence-electron chi connectivity index (χ4n) is 2.09. The van der Waals surface area contributed by atoms with Gasteiger partial charge in [-0.05, 0) is 37.4 Å². The quantitative estimate of drug-likeness (QED) is 0.835. The van der Waals surface area contributed by atoms with E-state index in [2.05, 4.69) is 16.4 Å². The molecule has 1 fully saturated rings. The molecule has 18 heavy (non-hydrogen) atoms. The maximum absolute atomic E-state index is 5.73. The van der Waals surface area contributed by atoms with Gasteiger partial charge in [0.15, 0.2) is 0 Å². The van der Waals surface area contributed by atoms with Crippen molar-refractivity contribution in [2.24, 2.45) is 5.92 Å². The molecule has 0 saturated carbocycles. The van der Waals surface area contributed by atoms with Gasteiger partial charge in [-0.25, -0.2) is 0 Å². The van der Waals surface area contributed by atoms with Gasteiger partial charge in [0, 0.05) is 26.0 Å². The number of hydrogen-bond acceptors (Lipinski definition) is 4. The Balaban J connectivity index is 1.69. The molecule has 1 aromatic heterocycles. The normalized spacial score (nSPS) is 16.9. The van der Waals surface area contributed by atoms with Crippen molar-refractivity contribution in [3.8, 4) is 0 Å². The zero-order valence-electron chi connectivity index (χ0n) is 11.0. The summed E-state index contributed by atoms with van der Waals surface area (Å²) in [4.78, 5) is 4.39. The Hall–Kier alpha value is -0.970. The molecule has 1 N–H and O–H groups in total. The molecule has 0 radical (unpaired) electrons. The predicted octanol–water partition coefficient (Wildman–Crippen LogP) is 1.74. The average molecular weight is 250 g/mol. The van der Waals surface area contributed by atoms with E-state index in [9.17, 15) is 0 Å². The summed E-state index contributed by atoms with van der Waals surface area (Å²) in [5.74, 6) is 0.655. The van der Waals surface area contributed by atoms with Crippen LogP contribution in [0.25, 0.3) is 0 Å². The van der Waals surface area contributed by atoms with Crippen LogP contribution in [0.5, 0.6) is 0 Å². The molecule has 0 spiro atoms. The van der Waals surface area contributed by atoms with Gasteiger partial charge in [0.1, 0.15) is 0 Å². The molecular formula is C14H22N2O2. The SMILES string of the molecule is CNCc1ccc(COCC2CCOCC2)nc1. The summed E-state index contributed by atoms with van der Waals surface area (Å²) in [5, 5.41) is 3.11. The van der Waals surface area contributed by atoms with Crippen LogP contribution in [-0.2, 0) is 22.6 Å². The zero-order valence-corrected chi connectivity index (χ0v) is 11.0. The van der Waals surface area contributed by atoms with Gasteiger partial charge in [-0.3, -0.25) is 4.98 Å². The van der Waals surface area contributed by atoms with Crippen molar-refractivity contribution < 1.29 is 9.47 Å². The van der Waals surface area contributed by atoms with Gasteiger partial charge in [0.2, 0.25) is 0 Å².